The molecular formula is C74H88Br4N2O20. The molecule has 542 valence electrons. The molecule has 0 aliphatic rings. The molecule has 5 rings (SSSR count). The number of halogens is 4. The highest BCUT2D eigenvalue weighted by Crippen LogP contribution is 2.35. The highest BCUT2D eigenvalue weighted by atomic mass is 79.9. The van der Waals surface area contributed by atoms with E-state index in [0.717, 1.165) is 32.7 Å². The van der Waals surface area contributed by atoms with Gasteiger partial charge in [0, 0.05) is 33.6 Å². The standard InChI is InChI=1S/C74H88Br4N2O20/c1-71(2,45-59(75)63(85)93-41-33-81)67(89)97-37-29-79(30-38-98-68(90)72(3,4)46-60(76)64(86)94-42-34-82)51-23-17-49(18-24-51)21-27-57-53-13-9-11-15-55(53)58(56-16-12-10-14-54(56)57)28-22-50-19-25-52(26-20-50)80(31-39-99-69(91)73(5,6)47-61(77)65(87)95-43-35-83)32-40-100-70(92)74(7,8)48-62(78)66(88)96-44-36-84/h9-20,23-26,59-62,81-84H,29-48H2,1-8H3. The predicted molar refractivity (Wildman–Crippen MR) is 391 cm³/mol. The summed E-state index contributed by atoms with van der Waals surface area (Å²) in [5.74, 6) is 8.91. The monoisotopic (exact) mass is 1640 g/mol. The number of fused-ring (bicyclic) bond motifs is 2. The molecule has 0 aliphatic carbocycles. The van der Waals surface area contributed by atoms with Crippen molar-refractivity contribution in [1.82, 2.24) is 0 Å². The Bertz CT molecular complexity index is 3310. The number of esters is 8. The van der Waals surface area contributed by atoms with Gasteiger partial charge in [0.15, 0.2) is 0 Å². The van der Waals surface area contributed by atoms with Crippen molar-refractivity contribution < 1.29 is 96.7 Å². The van der Waals surface area contributed by atoms with Gasteiger partial charge in [0.2, 0.25) is 0 Å². The summed E-state index contributed by atoms with van der Waals surface area (Å²) in [5, 5.41) is 39.8. The summed E-state index contributed by atoms with van der Waals surface area (Å²) in [6.07, 6.45) is 0.215. The van der Waals surface area contributed by atoms with E-state index in [2.05, 4.69) is 87.4 Å². The summed E-state index contributed by atoms with van der Waals surface area (Å²) >= 11 is 13.2. The van der Waals surface area contributed by atoms with Crippen molar-refractivity contribution in [3.05, 3.63) is 119 Å². The fourth-order valence-corrected chi connectivity index (χ4v) is 13.9. The molecule has 4 atom stereocenters. The molecule has 100 heavy (non-hydrogen) atoms. The molecule has 4 unspecified atom stereocenters. The third-order valence-electron chi connectivity index (χ3n) is 15.8. The van der Waals surface area contributed by atoms with Crippen molar-refractivity contribution in [2.75, 3.05) is 115 Å². The van der Waals surface area contributed by atoms with Crippen LogP contribution in [0.3, 0.4) is 0 Å². The minimum absolute atomic E-state index is 0.0538. The van der Waals surface area contributed by atoms with Gasteiger partial charge in [-0.25, -0.2) is 0 Å². The van der Waals surface area contributed by atoms with Gasteiger partial charge in [-0.15, -0.1) is 0 Å². The fraction of sp³-hybridized carbons (Fsp3) is 0.486. The van der Waals surface area contributed by atoms with Crippen LogP contribution in [0.25, 0.3) is 21.5 Å². The minimum Gasteiger partial charge on any atom is -0.463 e. The zero-order valence-electron chi connectivity index (χ0n) is 57.4. The molecule has 0 bridgehead atoms. The van der Waals surface area contributed by atoms with Gasteiger partial charge in [-0.05, 0) is 151 Å². The number of anilines is 2. The Morgan fingerprint density at radius 1 is 0.340 bits per heavy atom. The summed E-state index contributed by atoms with van der Waals surface area (Å²) in [6.45, 7) is 11.5. The normalized spacial score (nSPS) is 12.8. The maximum absolute atomic E-state index is 13.5. The summed E-state index contributed by atoms with van der Waals surface area (Å²) < 4.78 is 43.2. The Morgan fingerprint density at radius 2 is 0.560 bits per heavy atom. The van der Waals surface area contributed by atoms with Crippen LogP contribution in [-0.4, -0.2) is 193 Å². The predicted octanol–water partition coefficient (Wildman–Crippen LogP) is 9.44. The number of hydrogen-bond acceptors (Lipinski definition) is 22. The summed E-state index contributed by atoms with van der Waals surface area (Å²) in [4.78, 5) is 104. The minimum atomic E-state index is -1.11. The van der Waals surface area contributed by atoms with Gasteiger partial charge < -0.3 is 68.1 Å². The van der Waals surface area contributed by atoms with Gasteiger partial charge in [-0.3, -0.25) is 38.4 Å². The Kier molecular flexibility index (Phi) is 33.8. The number of alkyl halides is 4. The van der Waals surface area contributed by atoms with Crippen LogP contribution in [0.4, 0.5) is 11.4 Å². The summed E-state index contributed by atoms with van der Waals surface area (Å²) in [5.41, 5.74) is -0.113. The van der Waals surface area contributed by atoms with Crippen molar-refractivity contribution in [1.29, 1.82) is 0 Å². The number of aliphatic hydroxyl groups excluding tert-OH is 4. The van der Waals surface area contributed by atoms with Gasteiger partial charge in [0.05, 0.1) is 74.3 Å². The average molecular weight is 1650 g/mol. The molecule has 0 amide bonds. The molecule has 5 aromatic carbocycles. The molecule has 0 saturated heterocycles. The SMILES string of the molecule is CC(C)(CC(Br)C(=O)OCCO)C(=O)OCCN(CCOC(=O)C(C)(C)CC(Br)C(=O)OCCO)c1ccc(C#Cc2c3ccccc3c(C#Cc3ccc(N(CCOC(=O)C(C)(C)CC(Br)C(=O)OCCO)CCOC(=O)C(C)(C)CC(Br)C(=O)OCCO)cc3)c3ccccc23)cc1. The van der Waals surface area contributed by atoms with Gasteiger partial charge >= 0.3 is 47.8 Å². The maximum Gasteiger partial charge on any atom is 0.319 e. The first-order valence-electron chi connectivity index (χ1n) is 32.4. The van der Waals surface area contributed by atoms with E-state index in [1.807, 2.05) is 107 Å². The molecule has 0 radical (unpaired) electrons. The molecule has 0 heterocycles. The lowest BCUT2D eigenvalue weighted by Crippen LogP contribution is -2.37. The lowest BCUT2D eigenvalue weighted by molar-refractivity contribution is -0.156. The van der Waals surface area contributed by atoms with E-state index in [4.69, 9.17) is 58.3 Å². The maximum atomic E-state index is 13.5. The van der Waals surface area contributed by atoms with Crippen LogP contribution in [0.5, 0.6) is 0 Å². The topological polar surface area (TPSA) is 298 Å². The van der Waals surface area contributed by atoms with Crippen LogP contribution in [0.15, 0.2) is 97.1 Å². The number of hydrogen-bond donors (Lipinski definition) is 4. The second kappa shape index (κ2) is 40.5. The number of carbonyl (C=O) groups is 8. The van der Waals surface area contributed by atoms with Crippen molar-refractivity contribution >= 4 is 144 Å². The first kappa shape index (κ1) is 83.5. The molecule has 0 aliphatic heterocycles. The van der Waals surface area contributed by atoms with E-state index >= 15 is 0 Å². The fourth-order valence-electron chi connectivity index (χ4n) is 10.1. The molecule has 26 heteroatoms. The van der Waals surface area contributed by atoms with Crippen molar-refractivity contribution in [2.45, 2.75) is 100 Å². The first-order chi connectivity index (χ1) is 47.4. The Morgan fingerprint density at radius 3 is 0.770 bits per heavy atom. The van der Waals surface area contributed by atoms with Crippen molar-refractivity contribution in [3.8, 4) is 23.7 Å². The van der Waals surface area contributed by atoms with Crippen LogP contribution in [-0.2, 0) is 76.3 Å². The third kappa shape index (κ3) is 25.7. The second-order valence-electron chi connectivity index (χ2n) is 25.7. The van der Waals surface area contributed by atoms with Crippen LogP contribution in [0, 0.1) is 45.3 Å². The van der Waals surface area contributed by atoms with Gasteiger partial charge in [0.25, 0.3) is 0 Å². The molecule has 0 saturated carbocycles. The van der Waals surface area contributed by atoms with E-state index < -0.39 is 88.7 Å². The smallest absolute Gasteiger partial charge is 0.319 e. The molecular weight excluding hydrogens is 1560 g/mol. The lowest BCUT2D eigenvalue weighted by Gasteiger charge is -2.28. The van der Waals surface area contributed by atoms with Gasteiger partial charge in [-0.1, -0.05) is 136 Å². The zero-order valence-corrected chi connectivity index (χ0v) is 63.8. The van der Waals surface area contributed by atoms with Crippen LogP contribution < -0.4 is 9.80 Å². The van der Waals surface area contributed by atoms with E-state index in [-0.39, 0.29) is 131 Å². The highest BCUT2D eigenvalue weighted by Gasteiger charge is 2.39. The number of rotatable bonds is 38. The van der Waals surface area contributed by atoms with Crippen LogP contribution in [0.2, 0.25) is 0 Å². The van der Waals surface area contributed by atoms with E-state index in [9.17, 15) is 38.4 Å². The number of benzene rings is 5. The lowest BCUT2D eigenvalue weighted by atomic mass is 9.88. The number of ether oxygens (including phenoxy) is 8. The molecule has 5 aromatic rings. The molecule has 0 fully saturated rings. The van der Waals surface area contributed by atoms with Crippen molar-refractivity contribution in [3.63, 3.8) is 0 Å². The van der Waals surface area contributed by atoms with Crippen LogP contribution >= 0.6 is 63.7 Å². The second-order valence-corrected chi connectivity index (χ2v) is 30.2. The average Bonchev–Trinajstić information content (AvgIpc) is 0.754. The van der Waals surface area contributed by atoms with E-state index in [0.29, 0.717) is 22.5 Å². The summed E-state index contributed by atoms with van der Waals surface area (Å²) in [7, 11) is 0. The van der Waals surface area contributed by atoms with Gasteiger partial charge in [-0.2, -0.15) is 0 Å². The number of carbonyl (C=O) groups excluding carboxylic acids is 8. The largest absolute Gasteiger partial charge is 0.463 e. The third-order valence-corrected chi connectivity index (χ3v) is 18.6. The van der Waals surface area contributed by atoms with Crippen molar-refractivity contribution in [2.24, 2.45) is 21.7 Å². The molecule has 0 spiro atoms. The highest BCUT2D eigenvalue weighted by molar-refractivity contribution is 9.10. The quantitative estimate of drug-likeness (QED) is 0.00940. The number of aliphatic hydroxyl groups is 4. The summed E-state index contributed by atoms with van der Waals surface area (Å²) in [6, 6.07) is 30.6. The Balaban J connectivity index is 1.40. The zero-order chi connectivity index (χ0) is 73.8. The molecule has 4 N–H and O–H groups in total. The van der Waals surface area contributed by atoms with Crippen LogP contribution in [0.1, 0.15) is 103 Å². The number of nitrogens with zero attached hydrogens (tertiary/aromatic N) is 2. The van der Waals surface area contributed by atoms with E-state index in [1.165, 1.54) is 0 Å². The molecule has 0 aromatic heterocycles. The molecule has 22 nitrogen and oxygen atoms in total. The Hall–Kier alpha value is -7.14. The first-order valence-corrected chi connectivity index (χ1v) is 36.1. The van der Waals surface area contributed by atoms with E-state index in [1.54, 1.807) is 55.4 Å². The Labute approximate surface area is 617 Å². The van der Waals surface area contributed by atoms with Gasteiger partial charge in [0.1, 0.15) is 72.2 Å².